The average molecular weight is 284 g/mol. The van der Waals surface area contributed by atoms with Gasteiger partial charge in [0.15, 0.2) is 0 Å². The van der Waals surface area contributed by atoms with Crippen molar-refractivity contribution in [3.05, 3.63) is 0 Å². The molecule has 0 aliphatic carbocycles. The van der Waals surface area contributed by atoms with E-state index in [-0.39, 0.29) is 6.03 Å². The van der Waals surface area contributed by atoms with Crippen molar-refractivity contribution in [2.45, 2.75) is 46.5 Å². The minimum Gasteiger partial charge on any atom is -0.481 e. The predicted molar refractivity (Wildman–Crippen MR) is 78.6 cm³/mol. The van der Waals surface area contributed by atoms with Crippen LogP contribution < -0.4 is 0 Å². The van der Waals surface area contributed by atoms with Gasteiger partial charge in [-0.15, -0.1) is 0 Å². The molecule has 1 saturated heterocycles. The SMILES string of the molecule is CCC1CCCN(C(=O)N(CC)CC(C)C(=O)O)CC1. The monoisotopic (exact) mass is 284 g/mol. The fraction of sp³-hybridized carbons (Fsp3) is 0.867. The van der Waals surface area contributed by atoms with Gasteiger partial charge in [0.1, 0.15) is 0 Å². The number of carboxylic acids is 1. The van der Waals surface area contributed by atoms with E-state index >= 15 is 0 Å². The summed E-state index contributed by atoms with van der Waals surface area (Å²) in [6.07, 6.45) is 4.48. The molecule has 1 rings (SSSR count). The molecule has 1 aliphatic rings. The van der Waals surface area contributed by atoms with Gasteiger partial charge in [0, 0.05) is 26.2 Å². The largest absolute Gasteiger partial charge is 0.481 e. The van der Waals surface area contributed by atoms with E-state index < -0.39 is 11.9 Å². The quantitative estimate of drug-likeness (QED) is 0.844. The van der Waals surface area contributed by atoms with Crippen LogP contribution in [-0.4, -0.2) is 53.1 Å². The molecule has 1 fully saturated rings. The van der Waals surface area contributed by atoms with Crippen molar-refractivity contribution in [2.75, 3.05) is 26.2 Å². The summed E-state index contributed by atoms with van der Waals surface area (Å²) < 4.78 is 0. The molecular formula is C15H28N2O3. The second-order valence-corrected chi connectivity index (χ2v) is 5.75. The van der Waals surface area contributed by atoms with E-state index in [9.17, 15) is 9.59 Å². The zero-order valence-electron chi connectivity index (χ0n) is 13.0. The molecule has 1 heterocycles. The van der Waals surface area contributed by atoms with Crippen LogP contribution in [0.1, 0.15) is 46.5 Å². The smallest absolute Gasteiger partial charge is 0.320 e. The summed E-state index contributed by atoms with van der Waals surface area (Å²) in [6.45, 7) is 8.20. The van der Waals surface area contributed by atoms with Gasteiger partial charge < -0.3 is 14.9 Å². The molecule has 116 valence electrons. The number of urea groups is 1. The fourth-order valence-electron chi connectivity index (χ4n) is 2.72. The molecule has 2 unspecified atom stereocenters. The van der Waals surface area contributed by atoms with Gasteiger partial charge in [-0.1, -0.05) is 20.3 Å². The van der Waals surface area contributed by atoms with Crippen LogP contribution in [0.5, 0.6) is 0 Å². The molecule has 0 spiro atoms. The van der Waals surface area contributed by atoms with Crippen LogP contribution in [0.3, 0.4) is 0 Å². The molecule has 2 atom stereocenters. The number of carbonyl (C=O) groups excluding carboxylic acids is 1. The van der Waals surface area contributed by atoms with Crippen LogP contribution >= 0.6 is 0 Å². The van der Waals surface area contributed by atoms with E-state index in [1.807, 2.05) is 11.8 Å². The zero-order valence-corrected chi connectivity index (χ0v) is 13.0. The number of amides is 2. The van der Waals surface area contributed by atoms with Gasteiger partial charge in [-0.25, -0.2) is 4.79 Å². The molecule has 20 heavy (non-hydrogen) atoms. The van der Waals surface area contributed by atoms with Gasteiger partial charge in [-0.3, -0.25) is 4.79 Å². The maximum atomic E-state index is 12.5. The number of carbonyl (C=O) groups is 2. The lowest BCUT2D eigenvalue weighted by Gasteiger charge is -2.30. The molecule has 0 aromatic rings. The Balaban J connectivity index is 2.59. The first-order chi connectivity index (χ1) is 9.49. The average Bonchev–Trinajstić information content (AvgIpc) is 2.68. The summed E-state index contributed by atoms with van der Waals surface area (Å²) in [4.78, 5) is 27.0. The fourth-order valence-corrected chi connectivity index (χ4v) is 2.72. The topological polar surface area (TPSA) is 60.9 Å². The minimum absolute atomic E-state index is 0.00245. The molecule has 2 amide bonds. The Morgan fingerprint density at radius 2 is 2.00 bits per heavy atom. The number of carboxylic acid groups (broad SMARTS) is 1. The van der Waals surface area contributed by atoms with Crippen LogP contribution in [0, 0.1) is 11.8 Å². The van der Waals surface area contributed by atoms with Crippen LogP contribution in [0.25, 0.3) is 0 Å². The summed E-state index contributed by atoms with van der Waals surface area (Å²) in [5, 5.41) is 8.98. The Morgan fingerprint density at radius 1 is 1.30 bits per heavy atom. The number of nitrogens with zero attached hydrogens (tertiary/aromatic N) is 2. The Labute approximate surface area is 121 Å². The van der Waals surface area contributed by atoms with E-state index in [0.717, 1.165) is 31.8 Å². The van der Waals surface area contributed by atoms with E-state index in [4.69, 9.17) is 5.11 Å². The van der Waals surface area contributed by atoms with Crippen LogP contribution in [0.15, 0.2) is 0 Å². The van der Waals surface area contributed by atoms with Gasteiger partial charge >= 0.3 is 12.0 Å². The van der Waals surface area contributed by atoms with E-state index in [1.165, 1.54) is 12.8 Å². The Morgan fingerprint density at radius 3 is 2.55 bits per heavy atom. The molecular weight excluding hydrogens is 256 g/mol. The van der Waals surface area contributed by atoms with Gasteiger partial charge in [0.2, 0.25) is 0 Å². The third-order valence-corrected chi connectivity index (χ3v) is 4.26. The Kier molecular flexibility index (Phi) is 6.82. The van der Waals surface area contributed by atoms with Gasteiger partial charge in [0.25, 0.3) is 0 Å². The van der Waals surface area contributed by atoms with Crippen LogP contribution in [-0.2, 0) is 4.79 Å². The van der Waals surface area contributed by atoms with E-state index in [1.54, 1.807) is 11.8 Å². The highest BCUT2D eigenvalue weighted by atomic mass is 16.4. The normalized spacial score (nSPS) is 21.1. The molecule has 0 saturated carbocycles. The molecule has 0 aromatic heterocycles. The molecule has 0 bridgehead atoms. The number of hydrogen-bond acceptors (Lipinski definition) is 2. The standard InChI is InChI=1S/C15H28N2O3/c1-4-13-7-6-9-17(10-8-13)15(20)16(5-2)11-12(3)14(18)19/h12-13H,4-11H2,1-3H3,(H,18,19). The maximum absolute atomic E-state index is 12.5. The highest BCUT2D eigenvalue weighted by Crippen LogP contribution is 2.21. The highest BCUT2D eigenvalue weighted by molar-refractivity contribution is 5.76. The van der Waals surface area contributed by atoms with Gasteiger partial charge in [0.05, 0.1) is 5.92 Å². The molecule has 1 aliphatic heterocycles. The highest BCUT2D eigenvalue weighted by Gasteiger charge is 2.25. The maximum Gasteiger partial charge on any atom is 0.320 e. The van der Waals surface area contributed by atoms with E-state index in [2.05, 4.69) is 6.92 Å². The van der Waals surface area contributed by atoms with Crippen molar-refractivity contribution in [3.63, 3.8) is 0 Å². The van der Waals surface area contributed by atoms with Crippen LogP contribution in [0.4, 0.5) is 4.79 Å². The third-order valence-electron chi connectivity index (χ3n) is 4.26. The Hall–Kier alpha value is -1.26. The lowest BCUT2D eigenvalue weighted by Crippen LogP contribution is -2.46. The lowest BCUT2D eigenvalue weighted by molar-refractivity contribution is -0.141. The van der Waals surface area contributed by atoms with Crippen molar-refractivity contribution in [1.29, 1.82) is 0 Å². The van der Waals surface area contributed by atoms with Crippen molar-refractivity contribution in [3.8, 4) is 0 Å². The predicted octanol–water partition coefficient (Wildman–Crippen LogP) is 2.66. The Bertz CT molecular complexity index is 333. The number of likely N-dealkylation sites (tertiary alicyclic amines) is 1. The first-order valence-electron chi connectivity index (χ1n) is 7.76. The lowest BCUT2D eigenvalue weighted by atomic mass is 9.98. The second-order valence-electron chi connectivity index (χ2n) is 5.75. The van der Waals surface area contributed by atoms with Crippen molar-refractivity contribution in [2.24, 2.45) is 11.8 Å². The van der Waals surface area contributed by atoms with E-state index in [0.29, 0.717) is 13.1 Å². The molecule has 5 nitrogen and oxygen atoms in total. The van der Waals surface area contributed by atoms with Gasteiger partial charge in [-0.05, 0) is 32.1 Å². The number of rotatable bonds is 5. The molecule has 0 radical (unpaired) electrons. The summed E-state index contributed by atoms with van der Waals surface area (Å²) in [6, 6.07) is -0.00245. The van der Waals surface area contributed by atoms with Crippen LogP contribution in [0.2, 0.25) is 0 Å². The number of aliphatic carboxylic acids is 1. The van der Waals surface area contributed by atoms with Gasteiger partial charge in [-0.2, -0.15) is 0 Å². The molecule has 0 aromatic carbocycles. The minimum atomic E-state index is -0.849. The summed E-state index contributed by atoms with van der Waals surface area (Å²) in [5.41, 5.74) is 0. The summed E-state index contributed by atoms with van der Waals surface area (Å²) in [5.74, 6) is -0.645. The summed E-state index contributed by atoms with van der Waals surface area (Å²) in [7, 11) is 0. The number of hydrogen-bond donors (Lipinski definition) is 1. The molecule has 1 N–H and O–H groups in total. The second kappa shape index (κ2) is 8.12. The third kappa shape index (κ3) is 4.69. The van der Waals surface area contributed by atoms with Crippen molar-refractivity contribution < 1.29 is 14.7 Å². The van der Waals surface area contributed by atoms with Crippen molar-refractivity contribution in [1.82, 2.24) is 9.80 Å². The molecule has 5 heteroatoms. The van der Waals surface area contributed by atoms with Crippen molar-refractivity contribution >= 4 is 12.0 Å². The summed E-state index contributed by atoms with van der Waals surface area (Å²) >= 11 is 0. The zero-order chi connectivity index (χ0) is 15.1. The first-order valence-corrected chi connectivity index (χ1v) is 7.76. The first kappa shape index (κ1) is 16.8.